The van der Waals surface area contributed by atoms with Crippen LogP contribution in [0.4, 0.5) is 4.39 Å². The summed E-state index contributed by atoms with van der Waals surface area (Å²) < 4.78 is 19.5. The third-order valence-corrected chi connectivity index (χ3v) is 4.06. The average Bonchev–Trinajstić information content (AvgIpc) is 2.82. The van der Waals surface area contributed by atoms with Crippen LogP contribution in [0.3, 0.4) is 0 Å². The van der Waals surface area contributed by atoms with Gasteiger partial charge in [0.15, 0.2) is 11.6 Å². The summed E-state index contributed by atoms with van der Waals surface area (Å²) in [6.45, 7) is 0. The fraction of sp³-hybridized carbons (Fsp3) is 0.462. The van der Waals surface area contributed by atoms with E-state index in [2.05, 4.69) is 20.9 Å². The number of hydrogen-bond acceptors (Lipinski definition) is 3. The highest BCUT2D eigenvalue weighted by atomic mass is 79.9. The van der Waals surface area contributed by atoms with Gasteiger partial charge >= 0.3 is 0 Å². The molecule has 1 aliphatic carbocycles. The second-order valence-corrected chi connectivity index (χ2v) is 5.24. The summed E-state index contributed by atoms with van der Waals surface area (Å²) in [5.41, 5.74) is -0.0409. The van der Waals surface area contributed by atoms with E-state index in [1.54, 1.807) is 18.2 Å². The average molecular weight is 314 g/mol. The minimum Gasteiger partial charge on any atom is -0.493 e. The van der Waals surface area contributed by atoms with Crippen molar-refractivity contribution in [3.05, 3.63) is 28.0 Å². The maximum absolute atomic E-state index is 14.0. The Balaban J connectivity index is 2.62. The van der Waals surface area contributed by atoms with Gasteiger partial charge in [-0.1, -0.05) is 18.9 Å². The number of halogens is 2. The topological polar surface area (TPSA) is 38.7 Å². The number of rotatable bonds is 3. The zero-order valence-electron chi connectivity index (χ0n) is 10.0. The first-order valence-electron chi connectivity index (χ1n) is 5.76. The highest BCUT2D eigenvalue weighted by Crippen LogP contribution is 2.47. The monoisotopic (exact) mass is 313 g/mol. The highest BCUT2D eigenvalue weighted by Gasteiger charge is 2.39. The third-order valence-electron chi connectivity index (χ3n) is 3.45. The molecule has 5 heteroatoms. The van der Waals surface area contributed by atoms with Crippen LogP contribution in [0.15, 0.2) is 21.6 Å². The molecule has 3 nitrogen and oxygen atoms in total. The number of isocyanates is 1. The van der Waals surface area contributed by atoms with Crippen LogP contribution in [-0.4, -0.2) is 13.2 Å². The lowest BCUT2D eigenvalue weighted by Crippen LogP contribution is -2.20. The standard InChI is InChI=1S/C13H13BrFNO2/c1-18-12-9(4-5-10(14)11(12)15)13(16-8-17)6-2-3-7-13/h4-5H,2-3,6-7H2,1H3. The van der Waals surface area contributed by atoms with Crippen molar-refractivity contribution in [2.45, 2.75) is 31.2 Å². The number of hydrogen-bond donors (Lipinski definition) is 0. The van der Waals surface area contributed by atoms with Crippen molar-refractivity contribution in [3.8, 4) is 5.75 Å². The van der Waals surface area contributed by atoms with E-state index in [9.17, 15) is 9.18 Å². The fourth-order valence-electron chi connectivity index (χ4n) is 2.59. The van der Waals surface area contributed by atoms with Gasteiger partial charge in [0.1, 0.15) is 5.54 Å². The van der Waals surface area contributed by atoms with Gasteiger partial charge in [0, 0.05) is 5.56 Å². The first kappa shape index (κ1) is 13.2. The molecule has 0 amide bonds. The number of methoxy groups -OCH3 is 1. The quantitative estimate of drug-likeness (QED) is 0.630. The van der Waals surface area contributed by atoms with Gasteiger partial charge < -0.3 is 4.74 Å². The number of carbonyl (C=O) groups excluding carboxylic acids is 1. The molecule has 1 fully saturated rings. The molecule has 96 valence electrons. The van der Waals surface area contributed by atoms with Gasteiger partial charge in [-0.05, 0) is 34.8 Å². The lowest BCUT2D eigenvalue weighted by molar-refractivity contribution is 0.356. The Bertz CT molecular complexity index is 506. The lowest BCUT2D eigenvalue weighted by Gasteiger charge is -2.25. The first-order valence-corrected chi connectivity index (χ1v) is 6.55. The molecule has 0 saturated heterocycles. The predicted octanol–water partition coefficient (Wildman–Crippen LogP) is 3.70. The number of aliphatic imine (C=N–C) groups is 1. The predicted molar refractivity (Wildman–Crippen MR) is 68.9 cm³/mol. The van der Waals surface area contributed by atoms with Crippen LogP contribution in [0.2, 0.25) is 0 Å². The third kappa shape index (κ3) is 2.08. The Morgan fingerprint density at radius 3 is 2.67 bits per heavy atom. The molecule has 0 aliphatic heterocycles. The Morgan fingerprint density at radius 2 is 2.11 bits per heavy atom. The van der Waals surface area contributed by atoms with Gasteiger partial charge in [0.2, 0.25) is 6.08 Å². The second-order valence-electron chi connectivity index (χ2n) is 4.38. The molecule has 0 unspecified atom stereocenters. The molecule has 1 saturated carbocycles. The normalized spacial score (nSPS) is 17.3. The molecule has 2 rings (SSSR count). The van der Waals surface area contributed by atoms with E-state index in [1.807, 2.05) is 0 Å². The molecule has 0 aromatic heterocycles. The smallest absolute Gasteiger partial charge is 0.235 e. The zero-order chi connectivity index (χ0) is 13.2. The van der Waals surface area contributed by atoms with E-state index >= 15 is 0 Å². The minimum absolute atomic E-state index is 0.158. The van der Waals surface area contributed by atoms with E-state index in [-0.39, 0.29) is 5.75 Å². The maximum Gasteiger partial charge on any atom is 0.235 e. The van der Waals surface area contributed by atoms with Crippen LogP contribution < -0.4 is 4.74 Å². The van der Waals surface area contributed by atoms with Crippen LogP contribution in [0, 0.1) is 5.82 Å². The van der Waals surface area contributed by atoms with Crippen LogP contribution in [0.25, 0.3) is 0 Å². The molecule has 0 heterocycles. The number of nitrogens with zero attached hydrogens (tertiary/aromatic N) is 1. The van der Waals surface area contributed by atoms with E-state index < -0.39 is 11.4 Å². The van der Waals surface area contributed by atoms with Crippen molar-refractivity contribution >= 4 is 22.0 Å². The Labute approximate surface area is 113 Å². The molecular formula is C13H13BrFNO2. The minimum atomic E-state index is -0.672. The molecular weight excluding hydrogens is 301 g/mol. The SMILES string of the molecule is COc1c(C2(N=C=O)CCCC2)ccc(Br)c1F. The second kappa shape index (κ2) is 5.21. The lowest BCUT2D eigenvalue weighted by atomic mass is 9.88. The molecule has 0 radical (unpaired) electrons. The van der Waals surface area contributed by atoms with Crippen molar-refractivity contribution in [1.82, 2.24) is 0 Å². The number of benzene rings is 1. The van der Waals surface area contributed by atoms with Gasteiger partial charge in [-0.15, -0.1) is 0 Å². The molecule has 1 aromatic carbocycles. The van der Waals surface area contributed by atoms with Gasteiger partial charge in [-0.3, -0.25) is 0 Å². The van der Waals surface area contributed by atoms with Crippen molar-refractivity contribution in [2.24, 2.45) is 4.99 Å². The molecule has 0 bridgehead atoms. The summed E-state index contributed by atoms with van der Waals surface area (Å²) in [4.78, 5) is 14.6. The maximum atomic E-state index is 14.0. The van der Waals surface area contributed by atoms with Gasteiger partial charge in [-0.25, -0.2) is 9.18 Å². The van der Waals surface area contributed by atoms with E-state index in [0.717, 1.165) is 25.7 Å². The summed E-state index contributed by atoms with van der Waals surface area (Å²) in [6.07, 6.45) is 4.99. The fourth-order valence-corrected chi connectivity index (χ4v) is 2.90. The summed E-state index contributed by atoms with van der Waals surface area (Å²) in [5, 5.41) is 0. The van der Waals surface area contributed by atoms with Gasteiger partial charge in [0.05, 0.1) is 11.6 Å². The molecule has 18 heavy (non-hydrogen) atoms. The molecule has 0 spiro atoms. The van der Waals surface area contributed by atoms with Crippen LogP contribution in [-0.2, 0) is 10.3 Å². The van der Waals surface area contributed by atoms with Crippen molar-refractivity contribution in [2.75, 3.05) is 7.11 Å². The van der Waals surface area contributed by atoms with Crippen molar-refractivity contribution in [3.63, 3.8) is 0 Å². The van der Waals surface area contributed by atoms with Gasteiger partial charge in [-0.2, -0.15) is 4.99 Å². The molecule has 1 aliphatic rings. The van der Waals surface area contributed by atoms with Crippen molar-refractivity contribution < 1.29 is 13.9 Å². The van der Waals surface area contributed by atoms with Crippen molar-refractivity contribution in [1.29, 1.82) is 0 Å². The Morgan fingerprint density at radius 1 is 1.44 bits per heavy atom. The number of ether oxygens (including phenoxy) is 1. The van der Waals surface area contributed by atoms with Crippen LogP contribution in [0.1, 0.15) is 31.2 Å². The zero-order valence-corrected chi connectivity index (χ0v) is 11.6. The molecule has 0 N–H and O–H groups in total. The largest absolute Gasteiger partial charge is 0.493 e. The van der Waals surface area contributed by atoms with E-state index in [4.69, 9.17) is 4.74 Å². The summed E-state index contributed by atoms with van der Waals surface area (Å²) in [5.74, 6) is -0.298. The van der Waals surface area contributed by atoms with Crippen LogP contribution >= 0.6 is 15.9 Å². The summed E-state index contributed by atoms with van der Waals surface area (Å²) >= 11 is 3.12. The first-order chi connectivity index (χ1) is 8.64. The molecule has 1 aromatic rings. The Kier molecular flexibility index (Phi) is 3.83. The molecule has 0 atom stereocenters. The summed E-state index contributed by atoms with van der Waals surface area (Å²) in [6, 6.07) is 3.38. The van der Waals surface area contributed by atoms with E-state index in [0.29, 0.717) is 10.0 Å². The van der Waals surface area contributed by atoms with E-state index in [1.165, 1.54) is 7.11 Å². The van der Waals surface area contributed by atoms with Gasteiger partial charge in [0.25, 0.3) is 0 Å². The van der Waals surface area contributed by atoms with Crippen LogP contribution in [0.5, 0.6) is 5.75 Å². The summed E-state index contributed by atoms with van der Waals surface area (Å²) in [7, 11) is 1.42. The highest BCUT2D eigenvalue weighted by molar-refractivity contribution is 9.10. The Hall–Kier alpha value is -1.19.